The van der Waals surface area contributed by atoms with E-state index in [1.165, 1.54) is 0 Å². The van der Waals surface area contributed by atoms with Crippen LogP contribution in [0.25, 0.3) is 10.9 Å². The minimum atomic E-state index is -3.59. The molecule has 6 nitrogen and oxygen atoms in total. The van der Waals surface area contributed by atoms with Gasteiger partial charge in [0.15, 0.2) is 9.84 Å². The number of benzene rings is 3. The van der Waals surface area contributed by atoms with Gasteiger partial charge in [-0.15, -0.1) is 0 Å². The second kappa shape index (κ2) is 9.76. The maximum Gasteiger partial charge on any atom is 0.242 e. The Morgan fingerprint density at radius 1 is 0.829 bits per heavy atom. The Balaban J connectivity index is 1.34. The number of rotatable bonds is 6. The highest BCUT2D eigenvalue weighted by molar-refractivity contribution is 7.90. The van der Waals surface area contributed by atoms with E-state index in [2.05, 4.69) is 4.90 Å². The van der Waals surface area contributed by atoms with Gasteiger partial charge in [0.2, 0.25) is 5.91 Å². The number of sulfone groups is 1. The van der Waals surface area contributed by atoms with Crippen molar-refractivity contribution in [1.82, 2.24) is 9.47 Å². The summed E-state index contributed by atoms with van der Waals surface area (Å²) < 4.78 is 28.3. The molecule has 0 radical (unpaired) electrons. The van der Waals surface area contributed by atoms with Crippen LogP contribution in [0, 0.1) is 0 Å². The second-order valence-corrected chi connectivity index (χ2v) is 11.1. The van der Waals surface area contributed by atoms with E-state index in [1.807, 2.05) is 77.7 Å². The van der Waals surface area contributed by atoms with Crippen molar-refractivity contribution in [2.45, 2.75) is 17.2 Å². The third-order valence-corrected chi connectivity index (χ3v) is 8.45. The van der Waals surface area contributed by atoms with Crippen LogP contribution < -0.4 is 4.90 Å². The Hall–Kier alpha value is -3.29. The average molecular weight is 508 g/mol. The summed E-state index contributed by atoms with van der Waals surface area (Å²) in [6.45, 7) is 2.65. The molecular formula is C27H26ClN3O3S. The van der Waals surface area contributed by atoms with Crippen LogP contribution in [0.2, 0.25) is 5.02 Å². The molecule has 1 aliphatic rings. The monoisotopic (exact) mass is 507 g/mol. The predicted molar refractivity (Wildman–Crippen MR) is 140 cm³/mol. The average Bonchev–Trinajstić information content (AvgIpc) is 3.24. The lowest BCUT2D eigenvalue weighted by Crippen LogP contribution is -2.49. The highest BCUT2D eigenvalue weighted by Crippen LogP contribution is 2.29. The minimum Gasteiger partial charge on any atom is -0.367 e. The molecule has 0 N–H and O–H groups in total. The summed E-state index contributed by atoms with van der Waals surface area (Å²) in [7, 11) is -3.59. The van der Waals surface area contributed by atoms with E-state index >= 15 is 0 Å². The second-order valence-electron chi connectivity index (χ2n) is 8.70. The number of anilines is 1. The van der Waals surface area contributed by atoms with E-state index in [1.54, 1.807) is 16.8 Å². The topological polar surface area (TPSA) is 62.6 Å². The largest absolute Gasteiger partial charge is 0.367 e. The van der Waals surface area contributed by atoms with Crippen molar-refractivity contribution in [3.63, 3.8) is 0 Å². The van der Waals surface area contributed by atoms with E-state index in [0.29, 0.717) is 36.6 Å². The number of amides is 1. The first kappa shape index (κ1) is 23.5. The lowest BCUT2D eigenvalue weighted by molar-refractivity contribution is -0.132. The molecule has 0 spiro atoms. The number of fused-ring (bicyclic) bond motifs is 1. The number of nitrogens with zero attached hydrogens (tertiary/aromatic N) is 3. The van der Waals surface area contributed by atoms with Gasteiger partial charge in [-0.3, -0.25) is 4.79 Å². The molecule has 0 saturated carbocycles. The van der Waals surface area contributed by atoms with Crippen molar-refractivity contribution in [2.75, 3.05) is 31.1 Å². The zero-order chi connectivity index (χ0) is 24.4. The SMILES string of the molecule is O=C(Cn1cc(S(=O)(=O)Cc2ccccc2)c2ccccc21)N1CCN(c2ccccc2Cl)CC1. The Bertz CT molecular complexity index is 1460. The zero-order valence-corrected chi connectivity index (χ0v) is 20.8. The molecule has 1 aromatic heterocycles. The molecule has 0 atom stereocenters. The van der Waals surface area contributed by atoms with Gasteiger partial charge in [-0.2, -0.15) is 0 Å². The van der Waals surface area contributed by atoms with Crippen LogP contribution in [-0.4, -0.2) is 50.0 Å². The van der Waals surface area contributed by atoms with Gasteiger partial charge in [-0.25, -0.2) is 8.42 Å². The standard InChI is InChI=1S/C27H26ClN3O3S/c28-23-11-5-7-13-25(23)29-14-16-30(17-15-29)27(32)19-31-18-26(22-10-4-6-12-24(22)31)35(33,34)20-21-8-2-1-3-9-21/h1-13,18H,14-17,19-20H2. The fourth-order valence-electron chi connectivity index (χ4n) is 4.61. The summed E-state index contributed by atoms with van der Waals surface area (Å²) in [5.74, 6) is -0.114. The van der Waals surface area contributed by atoms with Gasteiger partial charge in [0.25, 0.3) is 0 Å². The predicted octanol–water partition coefficient (Wildman–Crippen LogP) is 4.62. The molecule has 0 aliphatic carbocycles. The molecule has 4 aromatic rings. The molecule has 1 saturated heterocycles. The van der Waals surface area contributed by atoms with Gasteiger partial charge in [0.05, 0.1) is 21.4 Å². The molecule has 8 heteroatoms. The fourth-order valence-corrected chi connectivity index (χ4v) is 6.45. The summed E-state index contributed by atoms with van der Waals surface area (Å²) in [5.41, 5.74) is 2.45. The van der Waals surface area contributed by atoms with Crippen LogP contribution in [0.4, 0.5) is 5.69 Å². The zero-order valence-electron chi connectivity index (χ0n) is 19.2. The van der Waals surface area contributed by atoms with Crippen molar-refractivity contribution in [2.24, 2.45) is 0 Å². The molecule has 5 rings (SSSR count). The lowest BCUT2D eigenvalue weighted by Gasteiger charge is -2.36. The van der Waals surface area contributed by atoms with Crippen molar-refractivity contribution in [3.8, 4) is 0 Å². The minimum absolute atomic E-state index is 0.0310. The van der Waals surface area contributed by atoms with Crippen LogP contribution in [0.1, 0.15) is 5.56 Å². The molecular weight excluding hydrogens is 482 g/mol. The van der Waals surface area contributed by atoms with Gasteiger partial charge in [0.1, 0.15) is 6.54 Å². The first-order valence-electron chi connectivity index (χ1n) is 11.5. The highest BCUT2D eigenvalue weighted by atomic mass is 35.5. The van der Waals surface area contributed by atoms with E-state index in [9.17, 15) is 13.2 Å². The van der Waals surface area contributed by atoms with E-state index in [0.717, 1.165) is 16.8 Å². The third kappa shape index (κ3) is 4.92. The summed E-state index contributed by atoms with van der Waals surface area (Å²) in [4.78, 5) is 17.5. The van der Waals surface area contributed by atoms with Crippen molar-refractivity contribution in [1.29, 1.82) is 0 Å². The number of piperazine rings is 1. The van der Waals surface area contributed by atoms with Gasteiger partial charge in [-0.05, 0) is 23.8 Å². The maximum absolute atomic E-state index is 13.3. The van der Waals surface area contributed by atoms with E-state index < -0.39 is 9.84 Å². The molecule has 1 fully saturated rings. The van der Waals surface area contributed by atoms with Crippen LogP contribution in [0.5, 0.6) is 0 Å². The molecule has 180 valence electrons. The number of hydrogen-bond donors (Lipinski definition) is 0. The summed E-state index contributed by atoms with van der Waals surface area (Å²) in [6, 6.07) is 24.2. The third-order valence-electron chi connectivity index (χ3n) is 6.42. The normalized spacial score (nSPS) is 14.4. The summed E-state index contributed by atoms with van der Waals surface area (Å²) in [6.07, 6.45) is 1.61. The molecule has 1 aliphatic heterocycles. The van der Waals surface area contributed by atoms with Gasteiger partial charge in [-0.1, -0.05) is 72.3 Å². The molecule has 0 bridgehead atoms. The van der Waals surface area contributed by atoms with Crippen LogP contribution >= 0.6 is 11.6 Å². The smallest absolute Gasteiger partial charge is 0.242 e. The lowest BCUT2D eigenvalue weighted by atomic mass is 10.2. The van der Waals surface area contributed by atoms with E-state index in [4.69, 9.17) is 11.6 Å². The number of halogens is 1. The molecule has 0 unspecified atom stereocenters. The Morgan fingerprint density at radius 3 is 2.23 bits per heavy atom. The molecule has 1 amide bonds. The first-order chi connectivity index (χ1) is 16.9. The molecule has 3 aromatic carbocycles. The number of carbonyl (C=O) groups is 1. The number of hydrogen-bond acceptors (Lipinski definition) is 4. The maximum atomic E-state index is 13.3. The van der Waals surface area contributed by atoms with Crippen molar-refractivity contribution < 1.29 is 13.2 Å². The number of carbonyl (C=O) groups excluding carboxylic acids is 1. The van der Waals surface area contributed by atoms with Gasteiger partial charge >= 0.3 is 0 Å². The van der Waals surface area contributed by atoms with Gasteiger partial charge < -0.3 is 14.4 Å². The van der Waals surface area contributed by atoms with Crippen LogP contribution in [0.3, 0.4) is 0 Å². The van der Waals surface area contributed by atoms with Crippen molar-refractivity contribution >= 4 is 43.9 Å². The molecule has 35 heavy (non-hydrogen) atoms. The number of aromatic nitrogens is 1. The van der Waals surface area contributed by atoms with Gasteiger partial charge in [0, 0.05) is 43.3 Å². The van der Waals surface area contributed by atoms with Crippen LogP contribution in [-0.2, 0) is 26.9 Å². The van der Waals surface area contributed by atoms with E-state index in [-0.39, 0.29) is 23.1 Å². The first-order valence-corrected chi connectivity index (χ1v) is 13.6. The fraction of sp³-hybridized carbons (Fsp3) is 0.222. The number of para-hydroxylation sites is 2. The highest BCUT2D eigenvalue weighted by Gasteiger charge is 2.25. The Labute approximate surface area is 210 Å². The Morgan fingerprint density at radius 2 is 1.49 bits per heavy atom. The quantitative estimate of drug-likeness (QED) is 0.382. The summed E-state index contributed by atoms with van der Waals surface area (Å²) in [5, 5.41) is 1.34. The summed E-state index contributed by atoms with van der Waals surface area (Å²) >= 11 is 6.33. The Kier molecular flexibility index (Phi) is 6.54. The van der Waals surface area contributed by atoms with Crippen molar-refractivity contribution in [3.05, 3.63) is 95.6 Å². The van der Waals surface area contributed by atoms with Crippen LogP contribution in [0.15, 0.2) is 90.0 Å². The molecule has 2 heterocycles.